The molecule has 0 amide bonds. The average Bonchev–Trinajstić information content (AvgIpc) is 3.29. The molecule has 2 aromatic heterocycles. The van der Waals surface area contributed by atoms with Gasteiger partial charge in [-0.15, -0.1) is 10.2 Å². The molecular formula is C27H23N3O. The molecule has 0 aliphatic rings. The van der Waals surface area contributed by atoms with Crippen LogP contribution in [0.15, 0.2) is 89.5 Å². The normalized spacial score (nSPS) is 11.7. The van der Waals surface area contributed by atoms with E-state index in [1.807, 2.05) is 48.7 Å². The Bertz CT molecular complexity index is 1360. The van der Waals surface area contributed by atoms with Crippen LogP contribution < -0.4 is 0 Å². The predicted molar refractivity (Wildman–Crippen MR) is 125 cm³/mol. The van der Waals surface area contributed by atoms with E-state index in [2.05, 4.69) is 72.4 Å². The van der Waals surface area contributed by atoms with Crippen molar-refractivity contribution in [2.24, 2.45) is 0 Å². The number of fused-ring (bicyclic) bond motifs is 1. The highest BCUT2D eigenvalue weighted by Crippen LogP contribution is 2.31. The topological polar surface area (TPSA) is 51.8 Å². The molecule has 0 spiro atoms. The third kappa shape index (κ3) is 3.73. The SMILES string of the molecule is CC(C)(C)c1ccc(-c2nnc(-c3cccc(-c4nccc5ccccc45)c3)o2)cc1. The Balaban J connectivity index is 1.49. The molecular weight excluding hydrogens is 382 g/mol. The van der Waals surface area contributed by atoms with E-state index < -0.39 is 0 Å². The molecule has 31 heavy (non-hydrogen) atoms. The summed E-state index contributed by atoms with van der Waals surface area (Å²) in [5.41, 5.74) is 5.12. The number of benzene rings is 3. The number of aromatic nitrogens is 3. The fourth-order valence-corrected chi connectivity index (χ4v) is 3.72. The van der Waals surface area contributed by atoms with Gasteiger partial charge < -0.3 is 4.42 Å². The highest BCUT2D eigenvalue weighted by atomic mass is 16.4. The lowest BCUT2D eigenvalue weighted by atomic mass is 9.87. The summed E-state index contributed by atoms with van der Waals surface area (Å²) in [6.07, 6.45) is 1.84. The fraction of sp³-hybridized carbons (Fsp3) is 0.148. The minimum absolute atomic E-state index is 0.106. The maximum atomic E-state index is 6.02. The van der Waals surface area contributed by atoms with Gasteiger partial charge in [0.05, 0.1) is 5.69 Å². The van der Waals surface area contributed by atoms with Crippen molar-refractivity contribution in [3.8, 4) is 34.2 Å². The van der Waals surface area contributed by atoms with Gasteiger partial charge in [0.25, 0.3) is 0 Å². The molecule has 3 aromatic carbocycles. The van der Waals surface area contributed by atoms with Crippen molar-refractivity contribution in [3.63, 3.8) is 0 Å². The third-order valence-electron chi connectivity index (χ3n) is 5.48. The molecule has 5 aromatic rings. The highest BCUT2D eigenvalue weighted by Gasteiger charge is 2.16. The Hall–Kier alpha value is -3.79. The summed E-state index contributed by atoms with van der Waals surface area (Å²) < 4.78 is 6.02. The van der Waals surface area contributed by atoms with Gasteiger partial charge in [0, 0.05) is 28.3 Å². The van der Waals surface area contributed by atoms with E-state index in [0.29, 0.717) is 11.8 Å². The minimum atomic E-state index is 0.106. The van der Waals surface area contributed by atoms with E-state index in [4.69, 9.17) is 4.42 Å². The Morgan fingerprint density at radius 2 is 1.39 bits per heavy atom. The highest BCUT2D eigenvalue weighted by molar-refractivity contribution is 5.94. The van der Waals surface area contributed by atoms with E-state index in [0.717, 1.165) is 33.2 Å². The van der Waals surface area contributed by atoms with Gasteiger partial charge in [0.1, 0.15) is 0 Å². The number of rotatable bonds is 3. The maximum Gasteiger partial charge on any atom is 0.248 e. The van der Waals surface area contributed by atoms with Crippen LogP contribution in [0.4, 0.5) is 0 Å². The first-order valence-corrected chi connectivity index (χ1v) is 10.4. The molecule has 152 valence electrons. The molecule has 4 nitrogen and oxygen atoms in total. The van der Waals surface area contributed by atoms with Gasteiger partial charge in [-0.05, 0) is 46.7 Å². The second kappa shape index (κ2) is 7.47. The van der Waals surface area contributed by atoms with E-state index in [-0.39, 0.29) is 5.41 Å². The van der Waals surface area contributed by atoms with E-state index in [1.54, 1.807) is 0 Å². The zero-order valence-electron chi connectivity index (χ0n) is 17.8. The second-order valence-electron chi connectivity index (χ2n) is 8.70. The molecule has 0 radical (unpaired) electrons. The molecule has 0 aliphatic heterocycles. The monoisotopic (exact) mass is 405 g/mol. The summed E-state index contributed by atoms with van der Waals surface area (Å²) in [6, 6.07) is 26.7. The number of nitrogens with zero attached hydrogens (tertiary/aromatic N) is 3. The number of hydrogen-bond acceptors (Lipinski definition) is 4. The summed E-state index contributed by atoms with van der Waals surface area (Å²) in [6.45, 7) is 6.60. The standard InChI is InChI=1S/C27H23N3O/c1-27(2,3)22-13-11-19(12-14-22)25-29-30-26(31-25)21-9-6-8-20(17-21)24-23-10-5-4-7-18(23)15-16-28-24/h4-17H,1-3H3. The van der Waals surface area contributed by atoms with Gasteiger partial charge in [0.15, 0.2) is 0 Å². The van der Waals surface area contributed by atoms with Crippen LogP contribution in [-0.4, -0.2) is 15.2 Å². The predicted octanol–water partition coefficient (Wildman–Crippen LogP) is 6.92. The van der Waals surface area contributed by atoms with Crippen LogP contribution in [0.1, 0.15) is 26.3 Å². The van der Waals surface area contributed by atoms with Crippen LogP contribution in [0, 0.1) is 0 Å². The zero-order chi connectivity index (χ0) is 21.4. The van der Waals surface area contributed by atoms with E-state index in [1.165, 1.54) is 5.56 Å². The van der Waals surface area contributed by atoms with Gasteiger partial charge in [-0.3, -0.25) is 4.98 Å². The molecule has 0 N–H and O–H groups in total. The van der Waals surface area contributed by atoms with Crippen LogP contribution in [0.3, 0.4) is 0 Å². The van der Waals surface area contributed by atoms with Crippen LogP contribution in [0.2, 0.25) is 0 Å². The Morgan fingerprint density at radius 3 is 2.16 bits per heavy atom. The molecule has 4 heteroatoms. The van der Waals surface area contributed by atoms with Gasteiger partial charge >= 0.3 is 0 Å². The van der Waals surface area contributed by atoms with Crippen molar-refractivity contribution in [1.29, 1.82) is 0 Å². The summed E-state index contributed by atoms with van der Waals surface area (Å²) >= 11 is 0. The molecule has 0 saturated heterocycles. The van der Waals surface area contributed by atoms with Crippen molar-refractivity contribution in [2.45, 2.75) is 26.2 Å². The van der Waals surface area contributed by atoms with Crippen molar-refractivity contribution in [1.82, 2.24) is 15.2 Å². The summed E-state index contributed by atoms with van der Waals surface area (Å²) in [7, 11) is 0. The summed E-state index contributed by atoms with van der Waals surface area (Å²) in [5, 5.41) is 10.9. The molecule has 0 saturated carbocycles. The lowest BCUT2D eigenvalue weighted by Gasteiger charge is -2.18. The Kier molecular flexibility index (Phi) is 4.63. The molecule has 5 rings (SSSR count). The van der Waals surface area contributed by atoms with Crippen LogP contribution in [0.5, 0.6) is 0 Å². The Labute approximate surface area is 181 Å². The van der Waals surface area contributed by atoms with Crippen LogP contribution in [0.25, 0.3) is 44.9 Å². The van der Waals surface area contributed by atoms with Crippen molar-refractivity contribution < 1.29 is 4.42 Å². The summed E-state index contributed by atoms with van der Waals surface area (Å²) in [4.78, 5) is 4.63. The summed E-state index contributed by atoms with van der Waals surface area (Å²) in [5.74, 6) is 1.01. The zero-order valence-corrected chi connectivity index (χ0v) is 17.8. The third-order valence-corrected chi connectivity index (χ3v) is 5.48. The van der Waals surface area contributed by atoms with Crippen molar-refractivity contribution >= 4 is 10.8 Å². The van der Waals surface area contributed by atoms with Gasteiger partial charge in [-0.25, -0.2) is 0 Å². The Morgan fingerprint density at radius 1 is 0.677 bits per heavy atom. The van der Waals surface area contributed by atoms with Gasteiger partial charge in [-0.2, -0.15) is 0 Å². The first-order chi connectivity index (χ1) is 15.0. The maximum absolute atomic E-state index is 6.02. The number of pyridine rings is 1. The van der Waals surface area contributed by atoms with E-state index in [9.17, 15) is 0 Å². The molecule has 2 heterocycles. The number of hydrogen-bond donors (Lipinski definition) is 0. The van der Waals surface area contributed by atoms with Gasteiger partial charge in [0.2, 0.25) is 11.8 Å². The van der Waals surface area contributed by atoms with E-state index >= 15 is 0 Å². The first kappa shape index (κ1) is 19.2. The van der Waals surface area contributed by atoms with Crippen LogP contribution in [-0.2, 0) is 5.41 Å². The fourth-order valence-electron chi connectivity index (χ4n) is 3.72. The first-order valence-electron chi connectivity index (χ1n) is 10.4. The smallest absolute Gasteiger partial charge is 0.248 e. The lowest BCUT2D eigenvalue weighted by Crippen LogP contribution is -2.10. The second-order valence-corrected chi connectivity index (χ2v) is 8.70. The molecule has 0 bridgehead atoms. The lowest BCUT2D eigenvalue weighted by molar-refractivity contribution is 0.582. The average molecular weight is 406 g/mol. The van der Waals surface area contributed by atoms with Crippen molar-refractivity contribution in [3.05, 3.63) is 90.6 Å². The van der Waals surface area contributed by atoms with Crippen LogP contribution >= 0.6 is 0 Å². The molecule has 0 fully saturated rings. The van der Waals surface area contributed by atoms with Crippen molar-refractivity contribution in [2.75, 3.05) is 0 Å². The molecule has 0 atom stereocenters. The molecule has 0 unspecified atom stereocenters. The quantitative estimate of drug-likeness (QED) is 0.327. The largest absolute Gasteiger partial charge is 0.416 e. The van der Waals surface area contributed by atoms with Gasteiger partial charge in [-0.1, -0.05) is 69.3 Å². The molecule has 0 aliphatic carbocycles. The minimum Gasteiger partial charge on any atom is -0.416 e.